The first kappa shape index (κ1) is 17.2. The highest BCUT2D eigenvalue weighted by atomic mass is 79.9. The lowest BCUT2D eigenvalue weighted by Gasteiger charge is -2.02. The second-order valence-electron chi connectivity index (χ2n) is 3.96. The Kier molecular flexibility index (Phi) is 17.0. The van der Waals surface area contributed by atoms with Crippen molar-refractivity contribution in [1.29, 1.82) is 0 Å². The number of hydrogen-bond donors (Lipinski definition) is 0. The van der Waals surface area contributed by atoms with E-state index in [4.69, 9.17) is 0 Å². The van der Waals surface area contributed by atoms with Gasteiger partial charge in [0.1, 0.15) is 11.5 Å². The summed E-state index contributed by atoms with van der Waals surface area (Å²) >= 11 is 0. The quantitative estimate of drug-likeness (QED) is 0.438. The number of halogens is 1. The first-order valence-electron chi connectivity index (χ1n) is 5.90. The Morgan fingerprint density at radius 2 is 1.29 bits per heavy atom. The van der Waals surface area contributed by atoms with Gasteiger partial charge in [0, 0.05) is 0 Å². The molecule has 0 N–H and O–H groups in total. The molecular weight excluding hydrogens is 256 g/mol. The molecule has 0 amide bonds. The predicted molar refractivity (Wildman–Crippen MR) is 66.7 cm³/mol. The van der Waals surface area contributed by atoms with Crippen LogP contribution in [0.25, 0.3) is 0 Å². The third kappa shape index (κ3) is 12.8. The minimum atomic E-state index is 0. The van der Waals surface area contributed by atoms with Crippen molar-refractivity contribution in [1.82, 2.24) is 0 Å². The molecule has 0 saturated carbocycles. The smallest absolute Gasteiger partial charge is 0.107 e. The van der Waals surface area contributed by atoms with Crippen LogP contribution in [-0.4, -0.2) is 17.8 Å². The van der Waals surface area contributed by atoms with Crippen LogP contribution >= 0.6 is 0 Å². The molecule has 0 spiro atoms. The fraction of sp³-hybridized carbons (Fsp3) is 1.00. The van der Waals surface area contributed by atoms with E-state index in [1.54, 1.807) is 0 Å². The summed E-state index contributed by atoms with van der Waals surface area (Å²) in [6.07, 6.45) is 12.5. The molecular formula is C12H27BrS. The summed E-state index contributed by atoms with van der Waals surface area (Å²) in [5.74, 6) is 2.94. The van der Waals surface area contributed by atoms with Crippen molar-refractivity contribution < 1.29 is 17.0 Å². The van der Waals surface area contributed by atoms with Crippen molar-refractivity contribution in [3.05, 3.63) is 0 Å². The van der Waals surface area contributed by atoms with Crippen LogP contribution in [0.15, 0.2) is 0 Å². The molecule has 0 saturated heterocycles. The van der Waals surface area contributed by atoms with Crippen LogP contribution in [0.4, 0.5) is 0 Å². The van der Waals surface area contributed by atoms with E-state index in [0.29, 0.717) is 0 Å². The van der Waals surface area contributed by atoms with E-state index in [2.05, 4.69) is 20.1 Å². The average molecular weight is 283 g/mol. The third-order valence-corrected chi connectivity index (χ3v) is 4.49. The van der Waals surface area contributed by atoms with E-state index in [0.717, 1.165) is 10.9 Å². The minimum Gasteiger partial charge on any atom is -1.00 e. The molecule has 0 bridgehead atoms. The topological polar surface area (TPSA) is 0 Å². The van der Waals surface area contributed by atoms with Gasteiger partial charge in [-0.05, 0) is 30.2 Å². The van der Waals surface area contributed by atoms with Gasteiger partial charge in [-0.2, -0.15) is 0 Å². The molecule has 0 aliphatic heterocycles. The lowest BCUT2D eigenvalue weighted by atomic mass is 10.1. The Morgan fingerprint density at radius 3 is 1.86 bits per heavy atom. The van der Waals surface area contributed by atoms with Crippen molar-refractivity contribution >= 4 is 10.9 Å². The summed E-state index contributed by atoms with van der Waals surface area (Å²) in [6.45, 7) is 4.58. The maximum Gasteiger partial charge on any atom is 0.107 e. The molecule has 0 fully saturated rings. The number of unbranched alkanes of at least 4 members (excludes halogenated alkanes) is 5. The van der Waals surface area contributed by atoms with Gasteiger partial charge in [0.05, 0.1) is 6.26 Å². The average Bonchev–Trinajstić information content (AvgIpc) is 2.11. The van der Waals surface area contributed by atoms with Crippen LogP contribution < -0.4 is 17.0 Å². The molecule has 2 heteroatoms. The normalized spacial score (nSPS) is 12.2. The highest BCUT2D eigenvalue weighted by Gasteiger charge is 2.07. The van der Waals surface area contributed by atoms with Gasteiger partial charge in [-0.3, -0.25) is 0 Å². The molecule has 0 heterocycles. The Labute approximate surface area is 104 Å². The van der Waals surface area contributed by atoms with E-state index in [-0.39, 0.29) is 17.0 Å². The van der Waals surface area contributed by atoms with Gasteiger partial charge in [0.25, 0.3) is 0 Å². The molecule has 0 nitrogen and oxygen atoms in total. The highest BCUT2D eigenvalue weighted by Crippen LogP contribution is 2.07. The maximum absolute atomic E-state index is 2.43. The van der Waals surface area contributed by atoms with Gasteiger partial charge in [-0.15, -0.1) is 0 Å². The second-order valence-corrected chi connectivity index (χ2v) is 6.34. The lowest BCUT2D eigenvalue weighted by Crippen LogP contribution is -3.00. The summed E-state index contributed by atoms with van der Waals surface area (Å²) in [5.41, 5.74) is 0. The zero-order valence-corrected chi connectivity index (χ0v) is 12.6. The van der Waals surface area contributed by atoms with Gasteiger partial charge >= 0.3 is 0 Å². The number of rotatable bonds is 9. The highest BCUT2D eigenvalue weighted by molar-refractivity contribution is 7.96. The standard InChI is InChI=1S/C12H27S.BrH/c1-4-6-7-8-9-10-12-13(3)11-5-2;/h4-12H2,1-3H3;1H/q+1;/p-1. The van der Waals surface area contributed by atoms with Crippen LogP contribution in [0.2, 0.25) is 0 Å². The van der Waals surface area contributed by atoms with E-state index < -0.39 is 0 Å². The van der Waals surface area contributed by atoms with E-state index in [9.17, 15) is 0 Å². The van der Waals surface area contributed by atoms with Crippen LogP contribution in [0.3, 0.4) is 0 Å². The Balaban J connectivity index is 0. The fourth-order valence-electron chi connectivity index (χ4n) is 1.58. The molecule has 88 valence electrons. The van der Waals surface area contributed by atoms with Crippen molar-refractivity contribution in [2.24, 2.45) is 0 Å². The van der Waals surface area contributed by atoms with Gasteiger partial charge in [-0.1, -0.05) is 39.5 Å². The van der Waals surface area contributed by atoms with E-state index >= 15 is 0 Å². The Hall–Kier alpha value is 0.830. The molecule has 1 unspecified atom stereocenters. The van der Waals surface area contributed by atoms with Crippen molar-refractivity contribution in [3.63, 3.8) is 0 Å². The minimum absolute atomic E-state index is 0. The summed E-state index contributed by atoms with van der Waals surface area (Å²) in [7, 11) is 0.723. The molecule has 0 rings (SSSR count). The molecule has 0 aromatic rings. The van der Waals surface area contributed by atoms with Gasteiger partial charge in [0.15, 0.2) is 0 Å². The molecule has 0 radical (unpaired) electrons. The SMILES string of the molecule is CCCCCCCC[S+](C)CCC.[Br-]. The summed E-state index contributed by atoms with van der Waals surface area (Å²) in [5, 5.41) is 0. The fourth-order valence-corrected chi connectivity index (χ4v) is 3.18. The van der Waals surface area contributed by atoms with Gasteiger partial charge in [0.2, 0.25) is 0 Å². The van der Waals surface area contributed by atoms with Crippen molar-refractivity contribution in [3.8, 4) is 0 Å². The molecule has 0 aliphatic rings. The zero-order chi connectivity index (χ0) is 9.94. The van der Waals surface area contributed by atoms with Crippen LogP contribution in [0, 0.1) is 0 Å². The third-order valence-electron chi connectivity index (χ3n) is 2.40. The summed E-state index contributed by atoms with van der Waals surface area (Å²) in [6, 6.07) is 0. The molecule has 14 heavy (non-hydrogen) atoms. The molecule has 0 aromatic heterocycles. The van der Waals surface area contributed by atoms with Crippen LogP contribution in [0.5, 0.6) is 0 Å². The molecule has 0 aliphatic carbocycles. The van der Waals surface area contributed by atoms with E-state index in [1.165, 1.54) is 56.5 Å². The largest absolute Gasteiger partial charge is 1.00 e. The monoisotopic (exact) mass is 282 g/mol. The van der Waals surface area contributed by atoms with Gasteiger partial charge in [-0.25, -0.2) is 0 Å². The lowest BCUT2D eigenvalue weighted by molar-refractivity contribution is -0.00000305. The summed E-state index contributed by atoms with van der Waals surface area (Å²) in [4.78, 5) is 0. The van der Waals surface area contributed by atoms with Crippen LogP contribution in [-0.2, 0) is 10.9 Å². The van der Waals surface area contributed by atoms with Crippen molar-refractivity contribution in [2.75, 3.05) is 17.8 Å². The van der Waals surface area contributed by atoms with Crippen molar-refractivity contribution in [2.45, 2.75) is 58.8 Å². The van der Waals surface area contributed by atoms with Crippen LogP contribution in [0.1, 0.15) is 58.8 Å². The van der Waals surface area contributed by atoms with E-state index in [1.807, 2.05) is 0 Å². The zero-order valence-electron chi connectivity index (χ0n) is 10.2. The number of hydrogen-bond acceptors (Lipinski definition) is 0. The first-order chi connectivity index (χ1) is 6.31. The molecule has 0 aromatic carbocycles. The molecule has 1 atom stereocenters. The first-order valence-corrected chi connectivity index (χ1v) is 7.87. The maximum atomic E-state index is 2.43. The Bertz CT molecular complexity index is 96.3. The predicted octanol–water partition coefficient (Wildman–Crippen LogP) is 1.01. The summed E-state index contributed by atoms with van der Waals surface area (Å²) < 4.78 is 0. The van der Waals surface area contributed by atoms with Gasteiger partial charge < -0.3 is 17.0 Å². The second kappa shape index (κ2) is 13.8. The Morgan fingerprint density at radius 1 is 0.714 bits per heavy atom.